The largest absolute Gasteiger partial charge is 0.343 e. The number of carbonyl (C=O) groups is 2. The highest BCUT2D eigenvalue weighted by Gasteiger charge is 2.23. The molecule has 0 saturated carbocycles. The van der Waals surface area contributed by atoms with Crippen LogP contribution >= 0.6 is 12.4 Å². The average molecular weight is 469 g/mol. The van der Waals surface area contributed by atoms with Crippen molar-refractivity contribution in [3.05, 3.63) is 70.8 Å². The molecule has 0 spiro atoms. The minimum Gasteiger partial charge on any atom is -0.343 e. The van der Waals surface area contributed by atoms with Crippen molar-refractivity contribution < 1.29 is 9.59 Å². The Morgan fingerprint density at radius 3 is 2.30 bits per heavy atom. The lowest BCUT2D eigenvalue weighted by Crippen LogP contribution is -2.38. The predicted octanol–water partition coefficient (Wildman–Crippen LogP) is 5.32. The van der Waals surface area contributed by atoms with Crippen LogP contribution in [0, 0.1) is 5.92 Å². The van der Waals surface area contributed by atoms with Gasteiger partial charge in [0.2, 0.25) is 5.91 Å². The monoisotopic (exact) mass is 468 g/mol. The Hall–Kier alpha value is -2.17. The highest BCUT2D eigenvalue weighted by Crippen LogP contribution is 2.25. The van der Waals surface area contributed by atoms with E-state index in [-0.39, 0.29) is 24.1 Å². The van der Waals surface area contributed by atoms with E-state index in [1.54, 1.807) is 0 Å². The Morgan fingerprint density at radius 2 is 1.61 bits per heavy atom. The molecular formula is C28H37ClN2O2. The minimum atomic E-state index is 0. The third kappa shape index (κ3) is 6.91. The van der Waals surface area contributed by atoms with Crippen LogP contribution < -0.4 is 0 Å². The second-order valence-corrected chi connectivity index (χ2v) is 9.38. The third-order valence-corrected chi connectivity index (χ3v) is 7.22. The summed E-state index contributed by atoms with van der Waals surface area (Å²) in [6.07, 6.45) is 6.26. The molecule has 2 aromatic rings. The molecule has 2 aliphatic heterocycles. The Morgan fingerprint density at radius 1 is 0.909 bits per heavy atom. The molecule has 1 fully saturated rings. The maximum atomic E-state index is 12.9. The number of rotatable bonds is 7. The number of hydrogen-bond acceptors (Lipinski definition) is 3. The number of likely N-dealkylation sites (tertiary alicyclic amines) is 1. The quantitative estimate of drug-likeness (QED) is 0.516. The molecule has 0 atom stereocenters. The van der Waals surface area contributed by atoms with Crippen LogP contribution in [0.3, 0.4) is 0 Å². The van der Waals surface area contributed by atoms with Crippen molar-refractivity contribution in [3.8, 4) is 0 Å². The third-order valence-electron chi connectivity index (χ3n) is 7.22. The fourth-order valence-electron chi connectivity index (χ4n) is 5.12. The zero-order valence-electron chi connectivity index (χ0n) is 19.8. The van der Waals surface area contributed by atoms with Crippen molar-refractivity contribution in [2.45, 2.75) is 58.4 Å². The van der Waals surface area contributed by atoms with E-state index >= 15 is 0 Å². The number of nitrogens with zero attached hydrogens (tertiary/aromatic N) is 2. The van der Waals surface area contributed by atoms with Gasteiger partial charge < -0.3 is 4.90 Å². The maximum Gasteiger partial charge on any atom is 0.222 e. The summed E-state index contributed by atoms with van der Waals surface area (Å²) in [7, 11) is 0. The number of hydrogen-bond donors (Lipinski definition) is 0. The van der Waals surface area contributed by atoms with Crippen LogP contribution in [0.1, 0.15) is 66.1 Å². The van der Waals surface area contributed by atoms with E-state index in [9.17, 15) is 9.59 Å². The zero-order chi connectivity index (χ0) is 22.3. The highest BCUT2D eigenvalue weighted by atomic mass is 35.5. The van der Waals surface area contributed by atoms with Crippen LogP contribution in [0.25, 0.3) is 0 Å². The summed E-state index contributed by atoms with van der Waals surface area (Å²) < 4.78 is 0. The molecule has 2 aliphatic rings. The summed E-state index contributed by atoms with van der Waals surface area (Å²) in [6, 6.07) is 17.0. The van der Waals surface area contributed by atoms with Gasteiger partial charge in [0.1, 0.15) is 0 Å². The summed E-state index contributed by atoms with van der Waals surface area (Å²) in [6.45, 7) is 6.72. The molecule has 0 N–H and O–H groups in total. The van der Waals surface area contributed by atoms with Gasteiger partial charge in [-0.15, -0.1) is 12.4 Å². The molecule has 2 heterocycles. The van der Waals surface area contributed by atoms with Gasteiger partial charge in [-0.1, -0.05) is 49.4 Å². The molecule has 33 heavy (non-hydrogen) atoms. The first-order chi connectivity index (χ1) is 15.6. The maximum absolute atomic E-state index is 12.9. The van der Waals surface area contributed by atoms with Crippen molar-refractivity contribution in [1.82, 2.24) is 9.80 Å². The fourth-order valence-corrected chi connectivity index (χ4v) is 5.12. The Balaban J connectivity index is 0.00000306. The first-order valence-electron chi connectivity index (χ1n) is 12.3. The van der Waals surface area contributed by atoms with Gasteiger partial charge in [0.05, 0.1) is 0 Å². The Bertz CT molecular complexity index is 923. The molecule has 1 amide bonds. The number of fused-ring (bicyclic) bond motifs is 1. The molecule has 0 aliphatic carbocycles. The molecule has 0 unspecified atom stereocenters. The normalized spacial score (nSPS) is 17.1. The lowest BCUT2D eigenvalue weighted by atomic mass is 9.89. The predicted molar refractivity (Wildman–Crippen MR) is 136 cm³/mol. The van der Waals surface area contributed by atoms with E-state index in [1.165, 1.54) is 16.7 Å². The van der Waals surface area contributed by atoms with Crippen molar-refractivity contribution in [1.29, 1.82) is 0 Å². The van der Waals surface area contributed by atoms with Gasteiger partial charge in [0.15, 0.2) is 5.78 Å². The van der Waals surface area contributed by atoms with Crippen molar-refractivity contribution in [2.24, 2.45) is 5.92 Å². The number of benzene rings is 2. The molecular weight excluding hydrogens is 432 g/mol. The zero-order valence-corrected chi connectivity index (χ0v) is 20.6. The van der Waals surface area contributed by atoms with E-state index < -0.39 is 0 Å². The van der Waals surface area contributed by atoms with Crippen LogP contribution in [0.5, 0.6) is 0 Å². The van der Waals surface area contributed by atoms with Gasteiger partial charge in [-0.25, -0.2) is 0 Å². The van der Waals surface area contributed by atoms with Gasteiger partial charge in [-0.05, 0) is 60.8 Å². The molecule has 5 heteroatoms. The smallest absolute Gasteiger partial charge is 0.222 e. The average Bonchev–Trinajstić information content (AvgIpc) is 3.05. The van der Waals surface area contributed by atoms with E-state index in [1.807, 2.05) is 17.9 Å². The number of amides is 1. The van der Waals surface area contributed by atoms with Gasteiger partial charge in [0.25, 0.3) is 0 Å². The van der Waals surface area contributed by atoms with E-state index in [0.29, 0.717) is 18.8 Å². The highest BCUT2D eigenvalue weighted by molar-refractivity contribution is 5.96. The molecule has 2 aromatic carbocycles. The second-order valence-electron chi connectivity index (χ2n) is 9.38. The lowest BCUT2D eigenvalue weighted by molar-refractivity contribution is -0.132. The molecule has 4 rings (SSSR count). The molecule has 4 nitrogen and oxygen atoms in total. The summed E-state index contributed by atoms with van der Waals surface area (Å²) in [5.41, 5.74) is 4.97. The molecule has 0 bridgehead atoms. The van der Waals surface area contributed by atoms with Crippen molar-refractivity contribution in [2.75, 3.05) is 26.2 Å². The number of Topliss-reactive ketones (excluding diaryl/α,β-unsaturated/α-hetero) is 1. The van der Waals surface area contributed by atoms with E-state index in [0.717, 1.165) is 70.4 Å². The summed E-state index contributed by atoms with van der Waals surface area (Å²) in [4.78, 5) is 29.3. The van der Waals surface area contributed by atoms with E-state index in [2.05, 4.69) is 47.4 Å². The number of carbonyl (C=O) groups excluding carboxylic acids is 2. The standard InChI is InChI=1S/C28H36N2O2.ClH/c1-2-28(32)30-18-12-22(13-19-30)8-11-27(31)26-10-9-24-14-16-29(17-15-25(24)20-26)21-23-6-4-3-5-7-23;/h3-7,9-10,20,22H,2,8,11-19,21H2,1H3;1H. The molecule has 0 radical (unpaired) electrons. The van der Waals surface area contributed by atoms with Crippen molar-refractivity contribution >= 4 is 24.1 Å². The number of halogens is 1. The fraction of sp³-hybridized carbons (Fsp3) is 0.500. The Labute approximate surface area is 204 Å². The Kier molecular flexibility index (Phi) is 9.52. The van der Waals surface area contributed by atoms with Gasteiger partial charge in [-0.3, -0.25) is 14.5 Å². The molecule has 1 saturated heterocycles. The summed E-state index contributed by atoms with van der Waals surface area (Å²) in [5, 5.41) is 0. The first kappa shape index (κ1) is 25.5. The summed E-state index contributed by atoms with van der Waals surface area (Å²) >= 11 is 0. The minimum absolute atomic E-state index is 0. The summed E-state index contributed by atoms with van der Waals surface area (Å²) in [5.74, 6) is 1.09. The van der Waals surface area contributed by atoms with Crippen LogP contribution in [-0.4, -0.2) is 47.7 Å². The van der Waals surface area contributed by atoms with Crippen LogP contribution in [0.15, 0.2) is 48.5 Å². The van der Waals surface area contributed by atoms with Crippen LogP contribution in [0.2, 0.25) is 0 Å². The second kappa shape index (κ2) is 12.3. The molecule has 178 valence electrons. The van der Waals surface area contributed by atoms with Crippen LogP contribution in [0.4, 0.5) is 0 Å². The number of piperidine rings is 1. The first-order valence-corrected chi connectivity index (χ1v) is 12.3. The van der Waals surface area contributed by atoms with Crippen molar-refractivity contribution in [3.63, 3.8) is 0 Å². The van der Waals surface area contributed by atoms with Gasteiger partial charge in [-0.2, -0.15) is 0 Å². The topological polar surface area (TPSA) is 40.6 Å². The van der Waals surface area contributed by atoms with Crippen LogP contribution in [-0.2, 0) is 24.2 Å². The van der Waals surface area contributed by atoms with E-state index in [4.69, 9.17) is 0 Å². The number of ketones is 1. The SMILES string of the molecule is CCC(=O)N1CCC(CCC(=O)c2ccc3c(c2)CCN(Cc2ccccc2)CC3)CC1.Cl. The lowest BCUT2D eigenvalue weighted by Gasteiger charge is -2.31. The molecule has 0 aromatic heterocycles. The van der Waals surface area contributed by atoms with Gasteiger partial charge in [0, 0.05) is 51.1 Å². The van der Waals surface area contributed by atoms with Gasteiger partial charge >= 0.3 is 0 Å².